The summed E-state index contributed by atoms with van der Waals surface area (Å²) < 4.78 is 5.40. The first-order chi connectivity index (χ1) is 8.17. The van der Waals surface area contributed by atoms with Crippen LogP contribution in [-0.2, 0) is 11.2 Å². The van der Waals surface area contributed by atoms with Crippen molar-refractivity contribution < 1.29 is 4.74 Å². The number of hydrogen-bond acceptors (Lipinski definition) is 1. The van der Waals surface area contributed by atoms with Gasteiger partial charge in [0.05, 0.1) is 0 Å². The average molecular weight is 294 g/mol. The van der Waals surface area contributed by atoms with Crippen molar-refractivity contribution in [1.82, 2.24) is 0 Å². The van der Waals surface area contributed by atoms with Gasteiger partial charge in [0.15, 0.2) is 0 Å². The molecule has 0 radical (unpaired) electrons. The molecule has 0 amide bonds. The van der Waals surface area contributed by atoms with Gasteiger partial charge in [0.2, 0.25) is 0 Å². The Hall–Kier alpha value is 0.0500. The topological polar surface area (TPSA) is 9.23 Å². The van der Waals surface area contributed by atoms with E-state index in [0.29, 0.717) is 5.88 Å². The Labute approximate surface area is 117 Å². The molecule has 1 aromatic carbocycles. The van der Waals surface area contributed by atoms with Crippen LogP contribution in [0.4, 0.5) is 0 Å². The number of rotatable bonds is 3. The summed E-state index contributed by atoms with van der Waals surface area (Å²) in [4.78, 5) is 0. The van der Waals surface area contributed by atoms with Gasteiger partial charge in [-0.25, -0.2) is 0 Å². The Kier molecular flexibility index (Phi) is 4.59. The largest absolute Gasteiger partial charge is 0.381 e. The van der Waals surface area contributed by atoms with Gasteiger partial charge in [-0.2, -0.15) is 0 Å². The van der Waals surface area contributed by atoms with Crippen LogP contribution >= 0.6 is 34.8 Å². The molecule has 1 nitrogen and oxygen atoms in total. The van der Waals surface area contributed by atoms with Crippen molar-refractivity contribution >= 4 is 34.8 Å². The fraction of sp³-hybridized carbons (Fsp3) is 0.538. The van der Waals surface area contributed by atoms with Gasteiger partial charge < -0.3 is 4.74 Å². The zero-order valence-electron chi connectivity index (χ0n) is 9.52. The summed E-state index contributed by atoms with van der Waals surface area (Å²) in [5, 5.41) is 1.46. The van der Waals surface area contributed by atoms with Crippen molar-refractivity contribution in [1.29, 1.82) is 0 Å². The molecule has 0 atom stereocenters. The molecule has 1 saturated heterocycles. The van der Waals surface area contributed by atoms with Crippen molar-refractivity contribution in [3.05, 3.63) is 33.8 Å². The standard InChI is InChI=1S/C13H15Cl3O/c14-9-13(4-6-17-7-5-13)8-10-11(15)2-1-3-12(10)16/h1-3H,4-9H2. The zero-order valence-corrected chi connectivity index (χ0v) is 11.8. The predicted octanol–water partition coefficient (Wildman–Crippen LogP) is 4.57. The highest BCUT2D eigenvalue weighted by molar-refractivity contribution is 6.36. The minimum absolute atomic E-state index is 0.0778. The maximum Gasteiger partial charge on any atom is 0.0471 e. The van der Waals surface area contributed by atoms with Gasteiger partial charge in [0.25, 0.3) is 0 Å². The predicted molar refractivity (Wildman–Crippen MR) is 73.4 cm³/mol. The van der Waals surface area contributed by atoms with Crippen molar-refractivity contribution in [2.24, 2.45) is 5.41 Å². The van der Waals surface area contributed by atoms with E-state index < -0.39 is 0 Å². The lowest BCUT2D eigenvalue weighted by molar-refractivity contribution is 0.0258. The highest BCUT2D eigenvalue weighted by atomic mass is 35.5. The lowest BCUT2D eigenvalue weighted by atomic mass is 9.77. The van der Waals surface area contributed by atoms with Gasteiger partial charge in [0, 0.05) is 29.1 Å². The molecule has 0 spiro atoms. The smallest absolute Gasteiger partial charge is 0.0471 e. The van der Waals surface area contributed by atoms with E-state index in [4.69, 9.17) is 39.5 Å². The maximum absolute atomic E-state index is 6.21. The van der Waals surface area contributed by atoms with Crippen LogP contribution in [0.2, 0.25) is 10.0 Å². The van der Waals surface area contributed by atoms with Gasteiger partial charge in [-0.05, 0) is 42.4 Å². The molecule has 17 heavy (non-hydrogen) atoms. The third kappa shape index (κ3) is 3.08. The first kappa shape index (κ1) is 13.5. The van der Waals surface area contributed by atoms with Gasteiger partial charge in [-0.1, -0.05) is 29.3 Å². The Balaban J connectivity index is 2.23. The van der Waals surface area contributed by atoms with Gasteiger partial charge in [0.1, 0.15) is 0 Å². The molecule has 0 N–H and O–H groups in total. The van der Waals surface area contributed by atoms with Crippen LogP contribution in [0.1, 0.15) is 18.4 Å². The fourth-order valence-electron chi connectivity index (χ4n) is 2.24. The van der Waals surface area contributed by atoms with Crippen molar-refractivity contribution in [2.75, 3.05) is 19.1 Å². The van der Waals surface area contributed by atoms with Crippen LogP contribution in [-0.4, -0.2) is 19.1 Å². The fourth-order valence-corrected chi connectivity index (χ4v) is 3.13. The Bertz CT molecular complexity index is 366. The molecular weight excluding hydrogens is 279 g/mol. The number of halogens is 3. The molecule has 1 aromatic rings. The zero-order chi connectivity index (χ0) is 12.3. The van der Waals surface area contributed by atoms with E-state index in [-0.39, 0.29) is 5.41 Å². The molecular formula is C13H15Cl3O. The van der Waals surface area contributed by atoms with Crippen LogP contribution in [0, 0.1) is 5.41 Å². The minimum Gasteiger partial charge on any atom is -0.381 e. The number of alkyl halides is 1. The summed E-state index contributed by atoms with van der Waals surface area (Å²) in [6.45, 7) is 1.55. The molecule has 4 heteroatoms. The monoisotopic (exact) mass is 292 g/mol. The van der Waals surface area contributed by atoms with Gasteiger partial charge in [-0.3, -0.25) is 0 Å². The second-order valence-electron chi connectivity index (χ2n) is 4.62. The normalized spacial score (nSPS) is 19.2. The van der Waals surface area contributed by atoms with Crippen LogP contribution < -0.4 is 0 Å². The summed E-state index contributed by atoms with van der Waals surface area (Å²) in [7, 11) is 0. The summed E-state index contributed by atoms with van der Waals surface area (Å²) in [5.74, 6) is 0.623. The summed E-state index contributed by atoms with van der Waals surface area (Å²) in [6, 6.07) is 5.62. The molecule has 1 aliphatic heterocycles. The molecule has 0 aliphatic carbocycles. The van der Waals surface area contributed by atoms with Crippen molar-refractivity contribution in [2.45, 2.75) is 19.3 Å². The lowest BCUT2D eigenvalue weighted by Gasteiger charge is -2.36. The third-order valence-corrected chi connectivity index (χ3v) is 4.73. The van der Waals surface area contributed by atoms with E-state index in [1.54, 1.807) is 0 Å². The number of ether oxygens (including phenoxy) is 1. The Morgan fingerprint density at radius 1 is 1.12 bits per heavy atom. The molecule has 0 saturated carbocycles. The van der Waals surface area contributed by atoms with E-state index in [2.05, 4.69) is 0 Å². The van der Waals surface area contributed by atoms with E-state index in [9.17, 15) is 0 Å². The molecule has 1 aliphatic rings. The van der Waals surface area contributed by atoms with E-state index in [1.165, 1.54) is 0 Å². The number of hydrogen-bond donors (Lipinski definition) is 0. The van der Waals surface area contributed by atoms with Crippen LogP contribution in [0.5, 0.6) is 0 Å². The Morgan fingerprint density at radius 2 is 1.71 bits per heavy atom. The van der Waals surface area contributed by atoms with Crippen molar-refractivity contribution in [3.8, 4) is 0 Å². The number of benzene rings is 1. The van der Waals surface area contributed by atoms with Gasteiger partial charge in [-0.15, -0.1) is 11.6 Å². The second-order valence-corrected chi connectivity index (χ2v) is 5.70. The van der Waals surface area contributed by atoms with Crippen molar-refractivity contribution in [3.63, 3.8) is 0 Å². The summed E-state index contributed by atoms with van der Waals surface area (Å²) in [5.41, 5.74) is 1.09. The SMILES string of the molecule is ClCC1(Cc2c(Cl)cccc2Cl)CCOCC1. The maximum atomic E-state index is 6.21. The third-order valence-electron chi connectivity index (χ3n) is 3.45. The molecule has 0 aromatic heterocycles. The molecule has 94 valence electrons. The van der Waals surface area contributed by atoms with Crippen LogP contribution in [0.3, 0.4) is 0 Å². The highest BCUT2D eigenvalue weighted by Gasteiger charge is 2.33. The summed E-state index contributed by atoms with van der Waals surface area (Å²) >= 11 is 18.6. The average Bonchev–Trinajstić information content (AvgIpc) is 2.35. The first-order valence-corrected chi connectivity index (χ1v) is 7.02. The van der Waals surface area contributed by atoms with E-state index in [1.807, 2.05) is 18.2 Å². The Morgan fingerprint density at radius 3 is 2.24 bits per heavy atom. The van der Waals surface area contributed by atoms with E-state index in [0.717, 1.165) is 48.1 Å². The van der Waals surface area contributed by atoms with Crippen LogP contribution in [0.25, 0.3) is 0 Å². The molecule has 1 heterocycles. The lowest BCUT2D eigenvalue weighted by Crippen LogP contribution is -2.33. The highest BCUT2D eigenvalue weighted by Crippen LogP contribution is 2.39. The molecule has 2 rings (SSSR count). The molecule has 0 bridgehead atoms. The first-order valence-electron chi connectivity index (χ1n) is 5.73. The molecule has 0 unspecified atom stereocenters. The van der Waals surface area contributed by atoms with E-state index >= 15 is 0 Å². The molecule has 1 fully saturated rings. The second kappa shape index (κ2) is 5.79. The summed E-state index contributed by atoms with van der Waals surface area (Å²) in [6.07, 6.45) is 2.77. The van der Waals surface area contributed by atoms with Gasteiger partial charge >= 0.3 is 0 Å². The minimum atomic E-state index is 0.0778. The quantitative estimate of drug-likeness (QED) is 0.742. The van der Waals surface area contributed by atoms with Crippen LogP contribution in [0.15, 0.2) is 18.2 Å².